The van der Waals surface area contributed by atoms with Crippen molar-refractivity contribution in [2.24, 2.45) is 0 Å². The highest BCUT2D eigenvalue weighted by Crippen LogP contribution is 2.37. The number of nitro groups is 1. The molecule has 0 unspecified atom stereocenters. The van der Waals surface area contributed by atoms with E-state index in [-0.39, 0.29) is 11.3 Å². The molecule has 0 atom stereocenters. The molecule has 3 aromatic rings. The number of amides is 1. The molecule has 0 radical (unpaired) electrons. The van der Waals surface area contributed by atoms with Crippen molar-refractivity contribution in [2.45, 2.75) is 44.7 Å². The fourth-order valence-electron chi connectivity index (χ4n) is 3.93. The summed E-state index contributed by atoms with van der Waals surface area (Å²) in [6.07, 6.45) is 3.24. The number of rotatable bonds is 7. The van der Waals surface area contributed by atoms with Crippen molar-refractivity contribution < 1.29 is 14.2 Å². The Kier molecular flexibility index (Phi) is 5.66. The Balaban J connectivity index is 1.55. The predicted molar refractivity (Wildman–Crippen MR) is 114 cm³/mol. The molecule has 9 nitrogen and oxygen atoms in total. The number of carbonyl (C=O) groups excluding carboxylic acids is 1. The molecule has 1 aliphatic carbocycles. The molecule has 0 spiro atoms. The van der Waals surface area contributed by atoms with Gasteiger partial charge in [0.1, 0.15) is 11.2 Å². The number of carbonyl (C=O) groups is 1. The molecule has 0 aliphatic heterocycles. The van der Waals surface area contributed by atoms with E-state index in [9.17, 15) is 14.9 Å². The molecule has 1 saturated carbocycles. The van der Waals surface area contributed by atoms with Gasteiger partial charge < -0.3 is 15.2 Å². The van der Waals surface area contributed by atoms with Crippen LogP contribution in [0.15, 0.2) is 53.1 Å². The second-order valence-corrected chi connectivity index (χ2v) is 7.71. The molecular weight excluding hydrogens is 398 g/mol. The van der Waals surface area contributed by atoms with E-state index in [2.05, 4.69) is 20.8 Å². The van der Waals surface area contributed by atoms with E-state index in [1.807, 2.05) is 30.3 Å². The number of hydrogen-bond acceptors (Lipinski definition) is 7. The van der Waals surface area contributed by atoms with E-state index >= 15 is 0 Å². The Morgan fingerprint density at radius 1 is 1.19 bits per heavy atom. The minimum absolute atomic E-state index is 0.153. The molecule has 1 fully saturated rings. The smallest absolute Gasteiger partial charge is 0.293 e. The van der Waals surface area contributed by atoms with E-state index in [4.69, 9.17) is 4.52 Å². The molecule has 2 aromatic carbocycles. The molecular formula is C22H23N5O4. The molecule has 0 bridgehead atoms. The number of aryl methyl sites for hydroxylation is 1. The summed E-state index contributed by atoms with van der Waals surface area (Å²) < 4.78 is 5.11. The Labute approximate surface area is 179 Å². The first kappa shape index (κ1) is 20.5. The van der Waals surface area contributed by atoms with E-state index in [1.54, 1.807) is 19.1 Å². The molecule has 1 heterocycles. The first-order valence-electron chi connectivity index (χ1n) is 10.2. The monoisotopic (exact) mass is 421 g/mol. The van der Waals surface area contributed by atoms with Crippen LogP contribution in [-0.2, 0) is 12.1 Å². The van der Waals surface area contributed by atoms with E-state index in [1.165, 1.54) is 6.07 Å². The van der Waals surface area contributed by atoms with Crippen molar-refractivity contribution in [2.75, 3.05) is 5.32 Å². The fraction of sp³-hybridized carbons (Fsp3) is 0.318. The molecule has 1 amide bonds. The number of nitrogens with one attached hydrogen (secondary N) is 2. The molecule has 0 saturated heterocycles. The zero-order valence-corrected chi connectivity index (χ0v) is 17.1. The third kappa shape index (κ3) is 4.40. The van der Waals surface area contributed by atoms with Gasteiger partial charge in [-0.25, -0.2) is 0 Å². The second kappa shape index (κ2) is 8.55. The van der Waals surface area contributed by atoms with Gasteiger partial charge in [0.2, 0.25) is 5.89 Å². The van der Waals surface area contributed by atoms with Crippen LogP contribution in [0.3, 0.4) is 0 Å². The van der Waals surface area contributed by atoms with Gasteiger partial charge in [-0.05, 0) is 30.5 Å². The molecule has 4 rings (SSSR count). The first-order valence-corrected chi connectivity index (χ1v) is 10.2. The molecule has 1 aliphatic rings. The van der Waals surface area contributed by atoms with Crippen LogP contribution in [0.5, 0.6) is 0 Å². The van der Waals surface area contributed by atoms with E-state index < -0.39 is 16.4 Å². The minimum Gasteiger partial charge on any atom is -0.375 e. The van der Waals surface area contributed by atoms with Crippen molar-refractivity contribution in [1.82, 2.24) is 15.5 Å². The summed E-state index contributed by atoms with van der Waals surface area (Å²) in [4.78, 5) is 28.5. The van der Waals surface area contributed by atoms with Crippen molar-refractivity contribution in [3.8, 4) is 0 Å². The topological polar surface area (TPSA) is 123 Å². The predicted octanol–water partition coefficient (Wildman–Crippen LogP) is 4.10. The Morgan fingerprint density at radius 2 is 1.94 bits per heavy atom. The average molecular weight is 421 g/mol. The fourth-order valence-corrected chi connectivity index (χ4v) is 3.93. The third-order valence-corrected chi connectivity index (χ3v) is 5.55. The van der Waals surface area contributed by atoms with E-state index in [0.29, 0.717) is 36.8 Å². The van der Waals surface area contributed by atoms with Crippen LogP contribution < -0.4 is 10.6 Å². The molecule has 2 N–H and O–H groups in total. The lowest BCUT2D eigenvalue weighted by atomic mass is 9.95. The van der Waals surface area contributed by atoms with Gasteiger partial charge in [-0.1, -0.05) is 48.3 Å². The van der Waals surface area contributed by atoms with Crippen molar-refractivity contribution in [1.29, 1.82) is 0 Å². The van der Waals surface area contributed by atoms with Gasteiger partial charge in [0.15, 0.2) is 5.82 Å². The van der Waals surface area contributed by atoms with Gasteiger partial charge >= 0.3 is 0 Å². The highest BCUT2D eigenvalue weighted by Gasteiger charge is 2.41. The van der Waals surface area contributed by atoms with Gasteiger partial charge in [0, 0.05) is 25.1 Å². The zero-order chi connectivity index (χ0) is 21.8. The normalized spacial score (nSPS) is 14.9. The average Bonchev–Trinajstić information content (AvgIpc) is 3.42. The van der Waals surface area contributed by atoms with Crippen molar-refractivity contribution in [3.63, 3.8) is 0 Å². The van der Waals surface area contributed by atoms with Crippen LogP contribution in [0, 0.1) is 17.0 Å². The van der Waals surface area contributed by atoms with Crippen LogP contribution in [0.4, 0.5) is 11.4 Å². The quantitative estimate of drug-likeness (QED) is 0.435. The lowest BCUT2D eigenvalue weighted by Crippen LogP contribution is -2.44. The summed E-state index contributed by atoms with van der Waals surface area (Å²) in [5, 5.41) is 21.7. The maximum Gasteiger partial charge on any atom is 0.293 e. The third-order valence-electron chi connectivity index (χ3n) is 5.55. The largest absolute Gasteiger partial charge is 0.375 e. The van der Waals surface area contributed by atoms with Crippen LogP contribution in [0.25, 0.3) is 0 Å². The standard InChI is InChI=1S/C22H23N5O4/c1-15-24-21(26-31-15)22(11-5-6-12-22)25-20(28)17-9-10-18(19(13-17)27(29)30)23-14-16-7-3-2-4-8-16/h2-4,7-10,13,23H,5-6,11-12,14H2,1H3,(H,25,28). The highest BCUT2D eigenvalue weighted by molar-refractivity contribution is 5.96. The van der Waals surface area contributed by atoms with Gasteiger partial charge in [-0.2, -0.15) is 4.98 Å². The Bertz CT molecular complexity index is 1090. The maximum absolute atomic E-state index is 13.0. The summed E-state index contributed by atoms with van der Waals surface area (Å²) in [7, 11) is 0. The lowest BCUT2D eigenvalue weighted by Gasteiger charge is -2.26. The number of anilines is 1. The summed E-state index contributed by atoms with van der Waals surface area (Å²) in [6.45, 7) is 2.14. The summed E-state index contributed by atoms with van der Waals surface area (Å²) in [6, 6.07) is 14.0. The number of aromatic nitrogens is 2. The number of nitrogens with zero attached hydrogens (tertiary/aromatic N) is 3. The lowest BCUT2D eigenvalue weighted by molar-refractivity contribution is -0.384. The van der Waals surface area contributed by atoms with Crippen molar-refractivity contribution >= 4 is 17.3 Å². The van der Waals surface area contributed by atoms with Gasteiger partial charge in [0.25, 0.3) is 11.6 Å². The van der Waals surface area contributed by atoms with Gasteiger partial charge in [-0.3, -0.25) is 14.9 Å². The highest BCUT2D eigenvalue weighted by atomic mass is 16.6. The number of nitro benzene ring substituents is 1. The van der Waals surface area contributed by atoms with Crippen molar-refractivity contribution in [3.05, 3.63) is 81.5 Å². The Hall–Kier alpha value is -3.75. The van der Waals surface area contributed by atoms with Gasteiger partial charge in [-0.15, -0.1) is 0 Å². The minimum atomic E-state index is -0.714. The second-order valence-electron chi connectivity index (χ2n) is 7.71. The zero-order valence-electron chi connectivity index (χ0n) is 17.1. The summed E-state index contributed by atoms with van der Waals surface area (Å²) >= 11 is 0. The first-order chi connectivity index (χ1) is 15.0. The SMILES string of the molecule is Cc1nc(C2(NC(=O)c3ccc(NCc4ccccc4)c([N+](=O)[O-])c3)CCCC2)no1. The summed E-state index contributed by atoms with van der Waals surface area (Å²) in [5.74, 6) is 0.480. The summed E-state index contributed by atoms with van der Waals surface area (Å²) in [5.41, 5.74) is 0.698. The van der Waals surface area contributed by atoms with Crippen LogP contribution in [0.2, 0.25) is 0 Å². The Morgan fingerprint density at radius 3 is 2.58 bits per heavy atom. The molecule has 1 aromatic heterocycles. The van der Waals surface area contributed by atoms with Crippen LogP contribution in [0.1, 0.15) is 53.3 Å². The maximum atomic E-state index is 13.0. The number of benzene rings is 2. The molecule has 31 heavy (non-hydrogen) atoms. The molecule has 9 heteroatoms. The van der Waals surface area contributed by atoms with Gasteiger partial charge in [0.05, 0.1) is 4.92 Å². The van der Waals surface area contributed by atoms with E-state index in [0.717, 1.165) is 18.4 Å². The van der Waals surface area contributed by atoms with Crippen LogP contribution >= 0.6 is 0 Å². The van der Waals surface area contributed by atoms with Crippen LogP contribution in [-0.4, -0.2) is 21.0 Å². The molecule has 160 valence electrons. The number of hydrogen-bond donors (Lipinski definition) is 2.